The number of rotatable bonds is 7. The van der Waals surface area contributed by atoms with Gasteiger partial charge >= 0.3 is 0 Å². The van der Waals surface area contributed by atoms with Crippen molar-refractivity contribution < 1.29 is 22.9 Å². The summed E-state index contributed by atoms with van der Waals surface area (Å²) < 4.78 is 32.4. The first kappa shape index (κ1) is 20.8. The Labute approximate surface area is 172 Å². The number of nitro groups is 1. The number of carbonyl (C=O) groups is 1. The fraction of sp³-hybridized carbons (Fsp3) is 0.0500. The topological polar surface area (TPSA) is 128 Å². The zero-order valence-corrected chi connectivity index (χ0v) is 16.5. The number of non-ortho nitro benzene ring substituents is 1. The maximum atomic E-state index is 12.4. The van der Waals surface area contributed by atoms with E-state index in [0.717, 1.165) is 24.3 Å². The van der Waals surface area contributed by atoms with Crippen LogP contribution in [0.2, 0.25) is 0 Å². The van der Waals surface area contributed by atoms with Gasteiger partial charge in [-0.25, -0.2) is 8.42 Å². The van der Waals surface area contributed by atoms with Gasteiger partial charge in [-0.15, -0.1) is 0 Å². The van der Waals surface area contributed by atoms with E-state index in [2.05, 4.69) is 10.0 Å². The number of sulfonamides is 1. The van der Waals surface area contributed by atoms with Crippen LogP contribution >= 0.6 is 0 Å². The van der Waals surface area contributed by atoms with Crippen molar-refractivity contribution in [3.05, 3.63) is 88.5 Å². The van der Waals surface area contributed by atoms with Crippen molar-refractivity contribution in [3.8, 4) is 5.75 Å². The van der Waals surface area contributed by atoms with Crippen molar-refractivity contribution in [2.24, 2.45) is 0 Å². The number of para-hydroxylation sites is 2. The van der Waals surface area contributed by atoms with E-state index in [1.807, 2.05) is 0 Å². The fourth-order valence-corrected chi connectivity index (χ4v) is 3.65. The summed E-state index contributed by atoms with van der Waals surface area (Å²) in [5.41, 5.74) is 0.855. The highest BCUT2D eigenvalue weighted by molar-refractivity contribution is 7.92. The Kier molecular flexibility index (Phi) is 5.98. The van der Waals surface area contributed by atoms with Crippen LogP contribution in [0.15, 0.2) is 77.7 Å². The average Bonchev–Trinajstić information content (AvgIpc) is 2.74. The smallest absolute Gasteiger partial charge is 0.269 e. The molecule has 10 heteroatoms. The highest BCUT2D eigenvalue weighted by Crippen LogP contribution is 2.24. The number of benzene rings is 3. The summed E-state index contributed by atoms with van der Waals surface area (Å²) in [6, 6.07) is 17.3. The molecule has 0 atom stereocenters. The number of nitro benzene ring substituents is 1. The van der Waals surface area contributed by atoms with Crippen LogP contribution in [0.4, 0.5) is 17.1 Å². The Balaban J connectivity index is 1.72. The molecule has 0 radical (unpaired) electrons. The molecule has 0 spiro atoms. The summed E-state index contributed by atoms with van der Waals surface area (Å²) in [7, 11) is -2.44. The van der Waals surface area contributed by atoms with Gasteiger partial charge in [-0.05, 0) is 48.5 Å². The molecule has 0 aliphatic rings. The molecule has 3 rings (SSSR count). The number of nitrogens with one attached hydrogen (secondary N) is 2. The second kappa shape index (κ2) is 8.62. The molecule has 0 aromatic heterocycles. The molecule has 0 aliphatic heterocycles. The number of nitrogens with zero attached hydrogens (tertiary/aromatic N) is 1. The summed E-state index contributed by atoms with van der Waals surface area (Å²) in [6.07, 6.45) is 0. The largest absolute Gasteiger partial charge is 0.495 e. The van der Waals surface area contributed by atoms with Gasteiger partial charge in [-0.1, -0.05) is 12.1 Å². The van der Waals surface area contributed by atoms with Gasteiger partial charge in [0.1, 0.15) is 5.75 Å². The zero-order chi connectivity index (χ0) is 21.7. The molecule has 154 valence electrons. The SMILES string of the molecule is COc1ccccc1NC(=O)c1ccc(NS(=O)(=O)c2ccc([N+](=O)[O-])cc2)cc1. The zero-order valence-electron chi connectivity index (χ0n) is 15.7. The van der Waals surface area contributed by atoms with Crippen LogP contribution < -0.4 is 14.8 Å². The van der Waals surface area contributed by atoms with Crippen molar-refractivity contribution in [1.82, 2.24) is 0 Å². The van der Waals surface area contributed by atoms with Crippen molar-refractivity contribution in [3.63, 3.8) is 0 Å². The van der Waals surface area contributed by atoms with Crippen LogP contribution in [-0.4, -0.2) is 26.4 Å². The van der Waals surface area contributed by atoms with Gasteiger partial charge in [0, 0.05) is 23.4 Å². The van der Waals surface area contributed by atoms with E-state index < -0.39 is 14.9 Å². The van der Waals surface area contributed by atoms with Crippen molar-refractivity contribution in [2.45, 2.75) is 4.90 Å². The molecule has 3 aromatic rings. The lowest BCUT2D eigenvalue weighted by molar-refractivity contribution is -0.384. The van der Waals surface area contributed by atoms with Crippen LogP contribution in [0, 0.1) is 10.1 Å². The minimum atomic E-state index is -3.94. The van der Waals surface area contributed by atoms with Gasteiger partial charge in [0.05, 0.1) is 22.6 Å². The quantitative estimate of drug-likeness (QED) is 0.437. The first-order valence-electron chi connectivity index (χ1n) is 8.62. The molecule has 0 bridgehead atoms. The number of hydrogen-bond acceptors (Lipinski definition) is 6. The van der Waals surface area contributed by atoms with Gasteiger partial charge < -0.3 is 10.1 Å². The predicted octanol–water partition coefficient (Wildman–Crippen LogP) is 3.66. The van der Waals surface area contributed by atoms with E-state index in [1.165, 1.54) is 31.4 Å². The molecule has 0 heterocycles. The number of amides is 1. The third-order valence-corrected chi connectivity index (χ3v) is 5.51. The lowest BCUT2D eigenvalue weighted by Gasteiger charge is -2.11. The maximum absolute atomic E-state index is 12.4. The average molecular weight is 427 g/mol. The Morgan fingerprint density at radius 3 is 2.20 bits per heavy atom. The van der Waals surface area contributed by atoms with Crippen LogP contribution in [0.1, 0.15) is 10.4 Å². The Morgan fingerprint density at radius 1 is 0.967 bits per heavy atom. The number of hydrogen-bond donors (Lipinski definition) is 2. The third kappa shape index (κ3) is 4.73. The molecule has 9 nitrogen and oxygen atoms in total. The summed E-state index contributed by atoms with van der Waals surface area (Å²) in [5.74, 6) is 0.127. The molecular weight excluding hydrogens is 410 g/mol. The summed E-state index contributed by atoms with van der Waals surface area (Å²) in [6.45, 7) is 0. The van der Waals surface area contributed by atoms with Crippen LogP contribution in [0.5, 0.6) is 5.75 Å². The number of carbonyl (C=O) groups excluding carboxylic acids is 1. The Bertz CT molecular complexity index is 1180. The molecule has 0 unspecified atom stereocenters. The van der Waals surface area contributed by atoms with Crippen LogP contribution in [0.3, 0.4) is 0 Å². The van der Waals surface area contributed by atoms with Crippen LogP contribution in [-0.2, 0) is 10.0 Å². The Morgan fingerprint density at radius 2 is 1.60 bits per heavy atom. The van der Waals surface area contributed by atoms with Gasteiger partial charge in [-0.3, -0.25) is 19.6 Å². The van der Waals surface area contributed by atoms with Crippen LogP contribution in [0.25, 0.3) is 0 Å². The van der Waals surface area contributed by atoms with E-state index >= 15 is 0 Å². The number of methoxy groups -OCH3 is 1. The maximum Gasteiger partial charge on any atom is 0.269 e. The van der Waals surface area contributed by atoms with Gasteiger partial charge in [0.25, 0.3) is 21.6 Å². The van der Waals surface area contributed by atoms with Gasteiger partial charge in [-0.2, -0.15) is 0 Å². The fourth-order valence-electron chi connectivity index (χ4n) is 2.59. The molecule has 2 N–H and O–H groups in total. The molecule has 0 saturated heterocycles. The predicted molar refractivity (Wildman–Crippen MR) is 111 cm³/mol. The Hall–Kier alpha value is -3.92. The van der Waals surface area contributed by atoms with Gasteiger partial charge in [0.2, 0.25) is 0 Å². The standard InChI is InChI=1S/C20H17N3O6S/c1-29-19-5-3-2-4-18(19)21-20(24)14-6-8-15(9-7-14)22-30(27,28)17-12-10-16(11-13-17)23(25)26/h2-13,22H,1H3,(H,21,24). The summed E-state index contributed by atoms with van der Waals surface area (Å²) in [5, 5.41) is 13.4. The van der Waals surface area contributed by atoms with E-state index in [-0.39, 0.29) is 22.2 Å². The monoisotopic (exact) mass is 427 g/mol. The molecular formula is C20H17N3O6S. The first-order valence-corrected chi connectivity index (χ1v) is 10.1. The lowest BCUT2D eigenvalue weighted by atomic mass is 10.2. The van der Waals surface area contributed by atoms with Crippen molar-refractivity contribution >= 4 is 33.0 Å². The number of ether oxygens (including phenoxy) is 1. The summed E-state index contributed by atoms with van der Waals surface area (Å²) >= 11 is 0. The molecule has 30 heavy (non-hydrogen) atoms. The molecule has 0 fully saturated rings. The minimum absolute atomic E-state index is 0.119. The molecule has 0 aliphatic carbocycles. The normalized spacial score (nSPS) is 10.8. The third-order valence-electron chi connectivity index (χ3n) is 4.11. The van der Waals surface area contributed by atoms with Crippen molar-refractivity contribution in [1.29, 1.82) is 0 Å². The molecule has 0 saturated carbocycles. The van der Waals surface area contributed by atoms with E-state index in [4.69, 9.17) is 4.74 Å². The van der Waals surface area contributed by atoms with E-state index in [1.54, 1.807) is 24.3 Å². The number of anilines is 2. The molecule has 1 amide bonds. The second-order valence-electron chi connectivity index (χ2n) is 6.09. The van der Waals surface area contributed by atoms with E-state index in [0.29, 0.717) is 17.0 Å². The first-order chi connectivity index (χ1) is 14.3. The highest BCUT2D eigenvalue weighted by atomic mass is 32.2. The molecule has 3 aromatic carbocycles. The van der Waals surface area contributed by atoms with E-state index in [9.17, 15) is 23.3 Å². The van der Waals surface area contributed by atoms with Crippen molar-refractivity contribution in [2.75, 3.05) is 17.1 Å². The minimum Gasteiger partial charge on any atom is -0.495 e. The van der Waals surface area contributed by atoms with Gasteiger partial charge in [0.15, 0.2) is 0 Å². The summed E-state index contributed by atoms with van der Waals surface area (Å²) in [4.78, 5) is 22.4. The second-order valence-corrected chi connectivity index (χ2v) is 7.77. The highest BCUT2D eigenvalue weighted by Gasteiger charge is 2.16. The lowest BCUT2D eigenvalue weighted by Crippen LogP contribution is -2.14.